The number of nitrogens with zero attached hydrogens (tertiary/aromatic N) is 2. The van der Waals surface area contributed by atoms with E-state index in [-0.39, 0.29) is 23.2 Å². The number of phenols is 1. The molecule has 0 saturated carbocycles. The van der Waals surface area contributed by atoms with E-state index < -0.39 is 0 Å². The molecule has 3 N–H and O–H groups in total. The Morgan fingerprint density at radius 1 is 1.24 bits per heavy atom. The van der Waals surface area contributed by atoms with Crippen molar-refractivity contribution in [1.82, 2.24) is 15.4 Å². The predicted octanol–water partition coefficient (Wildman–Crippen LogP) is 3.55. The largest absolute Gasteiger partial charge is 0.502 e. The third-order valence-electron chi connectivity index (χ3n) is 3.95. The van der Waals surface area contributed by atoms with Crippen LogP contribution in [0.5, 0.6) is 17.2 Å². The number of methoxy groups -OCH3 is 2. The molecule has 0 atom stereocenters. The van der Waals surface area contributed by atoms with Crippen LogP contribution < -0.4 is 14.9 Å². The van der Waals surface area contributed by atoms with E-state index in [1.165, 1.54) is 20.4 Å². The SMILES string of the molecule is COc1cc(/C=N\NC(=O)c2ccc3nc(SC(C)C)[nH]c3c2)cc(OC)c1O. The van der Waals surface area contributed by atoms with Gasteiger partial charge in [-0.2, -0.15) is 5.10 Å². The topological polar surface area (TPSA) is 109 Å². The van der Waals surface area contributed by atoms with Gasteiger partial charge < -0.3 is 19.6 Å². The number of rotatable bonds is 7. The fourth-order valence-electron chi connectivity index (χ4n) is 2.62. The molecule has 1 heterocycles. The summed E-state index contributed by atoms with van der Waals surface area (Å²) >= 11 is 1.63. The summed E-state index contributed by atoms with van der Waals surface area (Å²) in [6.07, 6.45) is 1.44. The summed E-state index contributed by atoms with van der Waals surface area (Å²) in [5, 5.41) is 15.1. The van der Waals surface area contributed by atoms with Crippen molar-refractivity contribution >= 4 is 34.9 Å². The fourth-order valence-corrected chi connectivity index (χ4v) is 3.39. The lowest BCUT2D eigenvalue weighted by molar-refractivity contribution is 0.0955. The third kappa shape index (κ3) is 4.80. The Hall–Kier alpha value is -3.20. The maximum Gasteiger partial charge on any atom is 0.271 e. The van der Waals surface area contributed by atoms with Gasteiger partial charge in [0.05, 0.1) is 31.5 Å². The van der Waals surface area contributed by atoms with Crippen LogP contribution in [0.1, 0.15) is 29.8 Å². The zero-order valence-electron chi connectivity index (χ0n) is 16.5. The molecule has 1 aromatic heterocycles. The quantitative estimate of drug-likeness (QED) is 0.310. The van der Waals surface area contributed by atoms with Crippen molar-refractivity contribution in [3.8, 4) is 17.2 Å². The van der Waals surface area contributed by atoms with E-state index in [2.05, 4.69) is 34.3 Å². The van der Waals surface area contributed by atoms with Gasteiger partial charge in [0, 0.05) is 16.4 Å². The van der Waals surface area contributed by atoms with Gasteiger partial charge in [-0.1, -0.05) is 25.6 Å². The van der Waals surface area contributed by atoms with E-state index >= 15 is 0 Å². The number of amides is 1. The molecular formula is C20H22N4O4S. The van der Waals surface area contributed by atoms with Crippen LogP contribution in [0.3, 0.4) is 0 Å². The van der Waals surface area contributed by atoms with E-state index in [0.29, 0.717) is 16.4 Å². The first-order chi connectivity index (χ1) is 13.9. The van der Waals surface area contributed by atoms with Crippen LogP contribution in [0.4, 0.5) is 0 Å². The van der Waals surface area contributed by atoms with Crippen LogP contribution in [0.2, 0.25) is 0 Å². The lowest BCUT2D eigenvalue weighted by atomic mass is 10.2. The molecule has 29 heavy (non-hydrogen) atoms. The highest BCUT2D eigenvalue weighted by molar-refractivity contribution is 7.99. The third-order valence-corrected chi connectivity index (χ3v) is 4.84. The Labute approximate surface area is 172 Å². The molecule has 0 aliphatic carbocycles. The van der Waals surface area contributed by atoms with E-state index in [9.17, 15) is 9.90 Å². The first-order valence-corrected chi connectivity index (χ1v) is 9.74. The smallest absolute Gasteiger partial charge is 0.271 e. The monoisotopic (exact) mass is 414 g/mol. The van der Waals surface area contributed by atoms with Gasteiger partial charge in [0.1, 0.15) is 0 Å². The Morgan fingerprint density at radius 3 is 2.55 bits per heavy atom. The zero-order chi connectivity index (χ0) is 21.0. The maximum absolute atomic E-state index is 12.4. The summed E-state index contributed by atoms with van der Waals surface area (Å²) in [5.74, 6) is 0.0429. The van der Waals surface area contributed by atoms with Crippen LogP contribution >= 0.6 is 11.8 Å². The maximum atomic E-state index is 12.4. The number of fused-ring (bicyclic) bond motifs is 1. The van der Waals surface area contributed by atoms with E-state index in [0.717, 1.165) is 16.2 Å². The standard InChI is InChI=1S/C20H22N4O4S/c1-11(2)29-20-22-14-6-5-13(9-15(14)23-20)19(26)24-21-10-12-7-16(27-3)18(25)17(8-12)28-4/h5-11,25H,1-4H3,(H,22,23)(H,24,26)/b21-10-. The number of hydrazone groups is 1. The van der Waals surface area contributed by atoms with Crippen molar-refractivity contribution in [1.29, 1.82) is 0 Å². The Kier molecular flexibility index (Phi) is 6.28. The summed E-state index contributed by atoms with van der Waals surface area (Å²) in [5.41, 5.74) is 5.13. The van der Waals surface area contributed by atoms with Crippen molar-refractivity contribution in [2.75, 3.05) is 14.2 Å². The summed E-state index contributed by atoms with van der Waals surface area (Å²) in [6, 6.07) is 8.40. The summed E-state index contributed by atoms with van der Waals surface area (Å²) < 4.78 is 10.2. The molecule has 3 aromatic rings. The highest BCUT2D eigenvalue weighted by Crippen LogP contribution is 2.36. The minimum atomic E-state index is -0.353. The summed E-state index contributed by atoms with van der Waals surface area (Å²) in [4.78, 5) is 20.1. The number of hydrogen-bond donors (Lipinski definition) is 3. The Morgan fingerprint density at radius 2 is 1.93 bits per heavy atom. The number of carbonyl (C=O) groups excluding carboxylic acids is 1. The molecular weight excluding hydrogens is 392 g/mol. The van der Waals surface area contributed by atoms with Gasteiger partial charge in [-0.05, 0) is 30.3 Å². The van der Waals surface area contributed by atoms with Gasteiger partial charge in [0.15, 0.2) is 16.7 Å². The molecule has 2 aromatic carbocycles. The number of thioether (sulfide) groups is 1. The number of aromatic hydroxyl groups is 1. The number of nitrogens with one attached hydrogen (secondary N) is 2. The molecule has 0 saturated heterocycles. The molecule has 0 bridgehead atoms. The van der Waals surface area contributed by atoms with Gasteiger partial charge in [0.2, 0.25) is 5.75 Å². The molecule has 0 unspecified atom stereocenters. The van der Waals surface area contributed by atoms with Crippen molar-refractivity contribution in [2.45, 2.75) is 24.3 Å². The molecule has 0 fully saturated rings. The van der Waals surface area contributed by atoms with Crippen molar-refractivity contribution in [2.24, 2.45) is 5.10 Å². The van der Waals surface area contributed by atoms with Gasteiger partial charge >= 0.3 is 0 Å². The number of aromatic nitrogens is 2. The number of H-pyrrole nitrogens is 1. The molecule has 0 aliphatic heterocycles. The van der Waals surface area contributed by atoms with Crippen LogP contribution in [-0.2, 0) is 0 Å². The minimum Gasteiger partial charge on any atom is -0.502 e. The summed E-state index contributed by atoms with van der Waals surface area (Å²) in [7, 11) is 2.88. The highest BCUT2D eigenvalue weighted by Gasteiger charge is 2.11. The molecule has 9 heteroatoms. The normalized spacial score (nSPS) is 11.3. The molecule has 0 aliphatic rings. The molecule has 0 radical (unpaired) electrons. The van der Waals surface area contributed by atoms with Crippen LogP contribution in [0, 0.1) is 0 Å². The van der Waals surface area contributed by atoms with Gasteiger partial charge in [0.25, 0.3) is 5.91 Å². The number of imidazole rings is 1. The predicted molar refractivity (Wildman–Crippen MR) is 113 cm³/mol. The van der Waals surface area contributed by atoms with E-state index in [1.807, 2.05) is 0 Å². The second kappa shape index (κ2) is 8.87. The molecule has 1 amide bonds. The van der Waals surface area contributed by atoms with Crippen LogP contribution in [0.15, 0.2) is 40.6 Å². The number of hydrogen-bond acceptors (Lipinski definition) is 7. The Balaban J connectivity index is 1.73. The fraction of sp³-hybridized carbons (Fsp3) is 0.250. The molecule has 8 nitrogen and oxygen atoms in total. The van der Waals surface area contributed by atoms with Gasteiger partial charge in [-0.3, -0.25) is 4.79 Å². The average molecular weight is 414 g/mol. The Bertz CT molecular complexity index is 1040. The second-order valence-corrected chi connectivity index (χ2v) is 7.98. The summed E-state index contributed by atoms with van der Waals surface area (Å²) in [6.45, 7) is 4.18. The molecule has 0 spiro atoms. The van der Waals surface area contributed by atoms with E-state index in [4.69, 9.17) is 9.47 Å². The highest BCUT2D eigenvalue weighted by atomic mass is 32.2. The van der Waals surface area contributed by atoms with Gasteiger partial charge in [-0.15, -0.1) is 0 Å². The lowest BCUT2D eigenvalue weighted by Gasteiger charge is -2.09. The average Bonchev–Trinajstić information content (AvgIpc) is 3.09. The first kappa shape index (κ1) is 20.5. The van der Waals surface area contributed by atoms with Crippen molar-refractivity contribution < 1.29 is 19.4 Å². The second-order valence-electron chi connectivity index (χ2n) is 6.41. The number of benzene rings is 2. The van der Waals surface area contributed by atoms with E-state index in [1.54, 1.807) is 42.1 Å². The lowest BCUT2D eigenvalue weighted by Crippen LogP contribution is -2.17. The van der Waals surface area contributed by atoms with Crippen molar-refractivity contribution in [3.05, 3.63) is 41.5 Å². The number of ether oxygens (including phenoxy) is 2. The number of carbonyl (C=O) groups is 1. The molecule has 152 valence electrons. The number of phenolic OH excluding ortho intramolecular Hbond substituents is 1. The number of aromatic amines is 1. The minimum absolute atomic E-state index is 0.0981. The van der Waals surface area contributed by atoms with Crippen molar-refractivity contribution in [3.63, 3.8) is 0 Å². The van der Waals surface area contributed by atoms with Crippen LogP contribution in [0.25, 0.3) is 11.0 Å². The van der Waals surface area contributed by atoms with Crippen LogP contribution in [-0.4, -0.2) is 46.7 Å². The zero-order valence-corrected chi connectivity index (χ0v) is 17.3. The molecule has 3 rings (SSSR count). The first-order valence-electron chi connectivity index (χ1n) is 8.86. The van der Waals surface area contributed by atoms with Gasteiger partial charge in [-0.25, -0.2) is 10.4 Å².